The third-order valence-electron chi connectivity index (χ3n) is 6.62. The number of hydrogen-bond donors (Lipinski definition) is 0. The topological polar surface area (TPSA) is 67.4 Å². The third kappa shape index (κ3) is 4.31. The lowest BCUT2D eigenvalue weighted by Gasteiger charge is -2.34. The highest BCUT2D eigenvalue weighted by Crippen LogP contribution is 2.22. The Morgan fingerprint density at radius 1 is 0.862 bits per heavy atom. The Hall–Kier alpha value is -1.99. The molecule has 3 aliphatic rings. The molecule has 1 saturated heterocycles. The van der Waals surface area contributed by atoms with Crippen LogP contribution in [0.2, 0.25) is 0 Å². The molecule has 0 saturated carbocycles. The maximum absolute atomic E-state index is 12.4. The van der Waals surface area contributed by atoms with Crippen molar-refractivity contribution < 1.29 is 4.42 Å². The van der Waals surface area contributed by atoms with E-state index in [2.05, 4.69) is 14.9 Å². The Kier molecular flexibility index (Phi) is 5.50. The Labute approximate surface area is 171 Å². The zero-order valence-electron chi connectivity index (χ0n) is 17.2. The Morgan fingerprint density at radius 3 is 2.41 bits per heavy atom. The molecule has 0 atom stereocenters. The molecular formula is C22H31N5O2. The van der Waals surface area contributed by atoms with E-state index in [0.717, 1.165) is 82.3 Å². The fourth-order valence-corrected chi connectivity index (χ4v) is 4.83. The molecule has 156 valence electrons. The minimum atomic E-state index is 0.0529. The van der Waals surface area contributed by atoms with E-state index in [1.165, 1.54) is 36.9 Å². The van der Waals surface area contributed by atoms with E-state index in [0.29, 0.717) is 6.54 Å². The molecule has 0 aromatic carbocycles. The molecule has 0 radical (unpaired) electrons. The normalized spacial score (nSPS) is 20.4. The number of oxazole rings is 1. The Balaban J connectivity index is 1.12. The monoisotopic (exact) mass is 397 g/mol. The molecule has 0 amide bonds. The molecule has 2 aromatic rings. The molecule has 7 nitrogen and oxygen atoms in total. The van der Waals surface area contributed by atoms with Crippen LogP contribution in [-0.2, 0) is 38.8 Å². The zero-order valence-corrected chi connectivity index (χ0v) is 17.2. The molecule has 7 heteroatoms. The molecule has 1 aliphatic heterocycles. The predicted octanol–water partition coefficient (Wildman–Crippen LogP) is 1.81. The van der Waals surface area contributed by atoms with E-state index >= 15 is 0 Å². The van der Waals surface area contributed by atoms with Crippen LogP contribution in [0.25, 0.3) is 0 Å². The largest absolute Gasteiger partial charge is 0.444 e. The lowest BCUT2D eigenvalue weighted by atomic mass is 9.97. The summed E-state index contributed by atoms with van der Waals surface area (Å²) < 4.78 is 7.66. The summed E-state index contributed by atoms with van der Waals surface area (Å²) in [4.78, 5) is 21.9. The second-order valence-corrected chi connectivity index (χ2v) is 8.69. The summed E-state index contributed by atoms with van der Waals surface area (Å²) in [7, 11) is 0. The van der Waals surface area contributed by atoms with E-state index in [9.17, 15) is 4.79 Å². The van der Waals surface area contributed by atoms with Crippen LogP contribution in [-0.4, -0.2) is 57.3 Å². The van der Waals surface area contributed by atoms with Crippen molar-refractivity contribution in [1.29, 1.82) is 0 Å². The summed E-state index contributed by atoms with van der Waals surface area (Å²) in [6.07, 6.45) is 8.97. The fraction of sp³-hybridized carbons (Fsp3) is 0.682. The first-order valence-electron chi connectivity index (χ1n) is 11.3. The fourth-order valence-electron chi connectivity index (χ4n) is 4.83. The van der Waals surface area contributed by atoms with Gasteiger partial charge in [0.2, 0.25) is 5.89 Å². The van der Waals surface area contributed by atoms with Gasteiger partial charge in [0, 0.05) is 45.2 Å². The first-order chi connectivity index (χ1) is 14.2. The van der Waals surface area contributed by atoms with E-state index in [1.807, 2.05) is 6.07 Å². The summed E-state index contributed by atoms with van der Waals surface area (Å²) in [5.41, 5.74) is 3.54. The van der Waals surface area contributed by atoms with Gasteiger partial charge in [-0.2, -0.15) is 5.10 Å². The number of aromatic nitrogens is 3. The van der Waals surface area contributed by atoms with Gasteiger partial charge in [-0.15, -0.1) is 0 Å². The highest BCUT2D eigenvalue weighted by atomic mass is 16.4. The zero-order chi connectivity index (χ0) is 19.6. The van der Waals surface area contributed by atoms with Gasteiger partial charge in [0.25, 0.3) is 5.56 Å². The van der Waals surface area contributed by atoms with Crippen LogP contribution in [0, 0.1) is 0 Å². The highest BCUT2D eigenvalue weighted by molar-refractivity contribution is 5.20. The van der Waals surface area contributed by atoms with Crippen molar-refractivity contribution in [2.75, 3.05) is 32.7 Å². The van der Waals surface area contributed by atoms with Crippen LogP contribution in [0.1, 0.15) is 54.3 Å². The second-order valence-electron chi connectivity index (χ2n) is 8.69. The SMILES string of the molecule is O=c1cc2c(nn1CCN1CCN(Cc3nc4c(o3)CCCC4)CC1)CCCC2. The van der Waals surface area contributed by atoms with Crippen LogP contribution in [0.15, 0.2) is 15.3 Å². The minimum Gasteiger partial charge on any atom is -0.444 e. The number of aryl methyl sites for hydroxylation is 4. The first-order valence-corrected chi connectivity index (χ1v) is 11.3. The van der Waals surface area contributed by atoms with E-state index in [4.69, 9.17) is 9.40 Å². The van der Waals surface area contributed by atoms with E-state index < -0.39 is 0 Å². The maximum atomic E-state index is 12.4. The van der Waals surface area contributed by atoms with E-state index in [1.54, 1.807) is 4.68 Å². The molecule has 0 unspecified atom stereocenters. The number of fused-ring (bicyclic) bond motifs is 2. The van der Waals surface area contributed by atoms with Crippen LogP contribution in [0.5, 0.6) is 0 Å². The number of rotatable bonds is 5. The molecule has 2 aromatic heterocycles. The molecule has 0 bridgehead atoms. The third-order valence-corrected chi connectivity index (χ3v) is 6.62. The number of nitrogens with zero attached hydrogens (tertiary/aromatic N) is 5. The highest BCUT2D eigenvalue weighted by Gasteiger charge is 2.22. The molecule has 1 fully saturated rings. The lowest BCUT2D eigenvalue weighted by molar-refractivity contribution is 0.115. The van der Waals surface area contributed by atoms with Gasteiger partial charge < -0.3 is 4.42 Å². The molecule has 0 spiro atoms. The summed E-state index contributed by atoms with van der Waals surface area (Å²) >= 11 is 0. The van der Waals surface area contributed by atoms with Crippen molar-refractivity contribution in [3.63, 3.8) is 0 Å². The summed E-state index contributed by atoms with van der Waals surface area (Å²) in [6.45, 7) is 6.43. The quantitative estimate of drug-likeness (QED) is 0.767. The van der Waals surface area contributed by atoms with Crippen LogP contribution < -0.4 is 5.56 Å². The summed E-state index contributed by atoms with van der Waals surface area (Å²) in [5, 5.41) is 4.65. The molecular weight excluding hydrogens is 366 g/mol. The first kappa shape index (κ1) is 19.0. The molecule has 3 heterocycles. The lowest BCUT2D eigenvalue weighted by Crippen LogP contribution is -2.47. The Bertz CT molecular complexity index is 887. The smallest absolute Gasteiger partial charge is 0.267 e. The second kappa shape index (κ2) is 8.40. The van der Waals surface area contributed by atoms with Gasteiger partial charge in [0.05, 0.1) is 24.5 Å². The van der Waals surface area contributed by atoms with Crippen molar-refractivity contribution >= 4 is 0 Å². The molecule has 5 rings (SSSR count). The van der Waals surface area contributed by atoms with Gasteiger partial charge in [-0.05, 0) is 50.5 Å². The van der Waals surface area contributed by atoms with Crippen molar-refractivity contribution in [3.05, 3.63) is 45.0 Å². The summed E-state index contributed by atoms with van der Waals surface area (Å²) in [6, 6.07) is 1.81. The molecule has 2 aliphatic carbocycles. The number of piperazine rings is 1. The maximum Gasteiger partial charge on any atom is 0.267 e. The van der Waals surface area contributed by atoms with Gasteiger partial charge in [0.1, 0.15) is 5.76 Å². The van der Waals surface area contributed by atoms with Crippen LogP contribution in [0.3, 0.4) is 0 Å². The average molecular weight is 398 g/mol. The van der Waals surface area contributed by atoms with Crippen molar-refractivity contribution in [1.82, 2.24) is 24.6 Å². The molecule has 29 heavy (non-hydrogen) atoms. The van der Waals surface area contributed by atoms with Crippen molar-refractivity contribution in [2.24, 2.45) is 0 Å². The van der Waals surface area contributed by atoms with Gasteiger partial charge in [-0.3, -0.25) is 14.6 Å². The van der Waals surface area contributed by atoms with Crippen molar-refractivity contribution in [2.45, 2.75) is 64.5 Å². The van der Waals surface area contributed by atoms with Crippen LogP contribution in [0.4, 0.5) is 0 Å². The standard InChI is InChI=1S/C22H31N5O2/c28-22-15-17-5-1-2-6-18(17)24-27(22)14-13-25-9-11-26(12-10-25)16-21-23-19-7-3-4-8-20(19)29-21/h15H,1-14,16H2. The molecule has 0 N–H and O–H groups in total. The number of hydrogen-bond acceptors (Lipinski definition) is 6. The minimum absolute atomic E-state index is 0.0529. The summed E-state index contributed by atoms with van der Waals surface area (Å²) in [5.74, 6) is 2.00. The van der Waals surface area contributed by atoms with Gasteiger partial charge in [-0.25, -0.2) is 9.67 Å². The van der Waals surface area contributed by atoms with Gasteiger partial charge in [-0.1, -0.05) is 0 Å². The average Bonchev–Trinajstić information content (AvgIpc) is 3.15. The van der Waals surface area contributed by atoms with Gasteiger partial charge in [0.15, 0.2) is 0 Å². The van der Waals surface area contributed by atoms with Crippen molar-refractivity contribution in [3.8, 4) is 0 Å². The van der Waals surface area contributed by atoms with Crippen LogP contribution >= 0.6 is 0 Å². The van der Waals surface area contributed by atoms with E-state index in [-0.39, 0.29) is 5.56 Å². The predicted molar refractivity (Wildman–Crippen MR) is 110 cm³/mol. The van der Waals surface area contributed by atoms with Gasteiger partial charge >= 0.3 is 0 Å². The Morgan fingerprint density at radius 2 is 1.59 bits per heavy atom.